The zero-order valence-electron chi connectivity index (χ0n) is 9.90. The second-order valence-electron chi connectivity index (χ2n) is 4.10. The van der Waals surface area contributed by atoms with E-state index >= 15 is 0 Å². The van der Waals surface area contributed by atoms with Gasteiger partial charge in [0.2, 0.25) is 0 Å². The van der Waals surface area contributed by atoms with Gasteiger partial charge in [0.25, 0.3) is 11.5 Å². The second-order valence-corrected chi connectivity index (χ2v) is 5.11. The summed E-state index contributed by atoms with van der Waals surface area (Å²) >= 11 is 1.53. The summed E-state index contributed by atoms with van der Waals surface area (Å²) in [5.41, 5.74) is 0.0843. The number of amides is 1. The maximum Gasteiger partial charge on any atom is 0.267 e. The minimum absolute atomic E-state index is 0.144. The summed E-state index contributed by atoms with van der Waals surface area (Å²) in [7, 11) is 3.06. The van der Waals surface area contributed by atoms with E-state index in [-0.39, 0.29) is 17.2 Å². The van der Waals surface area contributed by atoms with Gasteiger partial charge in [-0.15, -0.1) is 11.8 Å². The lowest BCUT2D eigenvalue weighted by atomic mass is 10.0. The maximum atomic E-state index is 12.0. The summed E-state index contributed by atoms with van der Waals surface area (Å²) in [6.45, 7) is 1.97. The summed E-state index contributed by atoms with van der Waals surface area (Å²) in [5.74, 6) is 0.244. The SMILES string of the molecule is CNC(=O)c1c(O)c2c(n(C)c1=O)SCC2C. The van der Waals surface area contributed by atoms with Crippen molar-refractivity contribution in [2.24, 2.45) is 7.05 Å². The number of carbonyl (C=O) groups is 1. The van der Waals surface area contributed by atoms with Crippen LogP contribution in [0.4, 0.5) is 0 Å². The van der Waals surface area contributed by atoms with Crippen LogP contribution < -0.4 is 10.9 Å². The number of hydrogen-bond donors (Lipinski definition) is 2. The molecule has 1 amide bonds. The van der Waals surface area contributed by atoms with Gasteiger partial charge in [-0.05, 0) is 5.92 Å². The molecule has 1 aliphatic heterocycles. The number of pyridine rings is 1. The largest absolute Gasteiger partial charge is 0.506 e. The third-order valence-electron chi connectivity index (χ3n) is 2.96. The predicted octanol–water partition coefficient (Wildman–Crippen LogP) is 0.660. The maximum absolute atomic E-state index is 12.0. The average molecular weight is 254 g/mol. The molecule has 1 aromatic heterocycles. The van der Waals surface area contributed by atoms with E-state index in [4.69, 9.17) is 0 Å². The fraction of sp³-hybridized carbons (Fsp3) is 0.455. The molecule has 0 radical (unpaired) electrons. The Labute approximate surface area is 103 Å². The Morgan fingerprint density at radius 2 is 2.24 bits per heavy atom. The number of nitrogens with zero attached hydrogens (tertiary/aromatic N) is 1. The van der Waals surface area contributed by atoms with Crippen LogP contribution in [0.3, 0.4) is 0 Å². The molecule has 17 heavy (non-hydrogen) atoms. The van der Waals surface area contributed by atoms with Crippen molar-refractivity contribution in [2.75, 3.05) is 12.8 Å². The van der Waals surface area contributed by atoms with Crippen LogP contribution in [-0.2, 0) is 7.05 Å². The van der Waals surface area contributed by atoms with E-state index in [1.807, 2.05) is 6.92 Å². The van der Waals surface area contributed by atoms with Gasteiger partial charge in [-0.1, -0.05) is 6.92 Å². The van der Waals surface area contributed by atoms with Crippen LogP contribution in [0.1, 0.15) is 28.8 Å². The van der Waals surface area contributed by atoms with Gasteiger partial charge in [-0.3, -0.25) is 9.59 Å². The molecule has 6 heteroatoms. The topological polar surface area (TPSA) is 71.3 Å². The summed E-state index contributed by atoms with van der Waals surface area (Å²) in [6, 6.07) is 0. The van der Waals surface area contributed by atoms with Crippen molar-refractivity contribution < 1.29 is 9.90 Å². The first-order chi connectivity index (χ1) is 7.99. The summed E-state index contributed by atoms with van der Waals surface area (Å²) < 4.78 is 1.44. The molecular formula is C11H14N2O3S. The van der Waals surface area contributed by atoms with Crippen LogP contribution in [0.15, 0.2) is 9.82 Å². The van der Waals surface area contributed by atoms with Crippen molar-refractivity contribution in [3.8, 4) is 5.75 Å². The quantitative estimate of drug-likeness (QED) is 0.772. The zero-order valence-corrected chi connectivity index (χ0v) is 10.7. The third-order valence-corrected chi connectivity index (χ3v) is 4.40. The first-order valence-corrected chi connectivity index (χ1v) is 6.28. The Morgan fingerprint density at radius 3 is 2.82 bits per heavy atom. The van der Waals surface area contributed by atoms with Gasteiger partial charge < -0.3 is 15.0 Å². The Balaban J connectivity index is 2.80. The smallest absolute Gasteiger partial charge is 0.267 e. The van der Waals surface area contributed by atoms with Gasteiger partial charge in [-0.2, -0.15) is 0 Å². The molecule has 0 aromatic carbocycles. The third kappa shape index (κ3) is 1.63. The van der Waals surface area contributed by atoms with Gasteiger partial charge in [0.05, 0.1) is 5.03 Å². The average Bonchev–Trinajstić information content (AvgIpc) is 2.68. The molecule has 92 valence electrons. The van der Waals surface area contributed by atoms with Crippen molar-refractivity contribution in [3.05, 3.63) is 21.5 Å². The van der Waals surface area contributed by atoms with Gasteiger partial charge in [0.15, 0.2) is 0 Å². The van der Waals surface area contributed by atoms with E-state index in [9.17, 15) is 14.7 Å². The molecule has 0 bridgehead atoms. The number of hydrogen-bond acceptors (Lipinski definition) is 4. The van der Waals surface area contributed by atoms with Gasteiger partial charge >= 0.3 is 0 Å². The lowest BCUT2D eigenvalue weighted by Crippen LogP contribution is -2.31. The van der Waals surface area contributed by atoms with Crippen LogP contribution >= 0.6 is 11.8 Å². The highest BCUT2D eigenvalue weighted by Crippen LogP contribution is 2.43. The van der Waals surface area contributed by atoms with Crippen molar-refractivity contribution in [3.63, 3.8) is 0 Å². The van der Waals surface area contributed by atoms with Gasteiger partial charge in [0.1, 0.15) is 11.3 Å². The molecule has 0 spiro atoms. The van der Waals surface area contributed by atoms with E-state index in [0.717, 1.165) is 10.8 Å². The second kappa shape index (κ2) is 4.10. The summed E-state index contributed by atoms with van der Waals surface area (Å²) in [5, 5.41) is 13.2. The molecule has 1 aromatic rings. The van der Waals surface area contributed by atoms with E-state index in [2.05, 4.69) is 5.32 Å². The lowest BCUT2D eigenvalue weighted by Gasteiger charge is -2.13. The highest BCUT2D eigenvalue weighted by atomic mass is 32.2. The predicted molar refractivity (Wildman–Crippen MR) is 65.9 cm³/mol. The minimum atomic E-state index is -0.546. The number of aromatic nitrogens is 1. The number of nitrogens with one attached hydrogen (secondary N) is 1. The first-order valence-electron chi connectivity index (χ1n) is 5.29. The molecule has 0 fully saturated rings. The number of rotatable bonds is 1. The number of fused-ring (bicyclic) bond motifs is 1. The normalized spacial score (nSPS) is 17.9. The van der Waals surface area contributed by atoms with Crippen LogP contribution in [-0.4, -0.2) is 28.4 Å². The molecular weight excluding hydrogens is 240 g/mol. The molecule has 2 rings (SSSR count). The number of carbonyl (C=O) groups excluding carboxylic acids is 1. The number of aromatic hydroxyl groups is 1. The lowest BCUT2D eigenvalue weighted by molar-refractivity contribution is 0.0957. The Kier molecular flexibility index (Phi) is 2.91. The fourth-order valence-corrected chi connectivity index (χ4v) is 3.32. The molecule has 0 saturated heterocycles. The Hall–Kier alpha value is -1.43. The zero-order chi connectivity index (χ0) is 12.7. The van der Waals surface area contributed by atoms with Crippen molar-refractivity contribution in [1.82, 2.24) is 9.88 Å². The van der Waals surface area contributed by atoms with Crippen LogP contribution in [0.25, 0.3) is 0 Å². The highest BCUT2D eigenvalue weighted by molar-refractivity contribution is 7.99. The van der Waals surface area contributed by atoms with Crippen LogP contribution in [0.2, 0.25) is 0 Å². The summed E-state index contributed by atoms with van der Waals surface area (Å²) in [4.78, 5) is 23.6. The molecule has 1 atom stereocenters. The molecule has 2 heterocycles. The van der Waals surface area contributed by atoms with E-state index in [1.54, 1.807) is 7.05 Å². The molecule has 0 aliphatic carbocycles. The minimum Gasteiger partial charge on any atom is -0.506 e. The van der Waals surface area contributed by atoms with Gasteiger partial charge in [-0.25, -0.2) is 0 Å². The van der Waals surface area contributed by atoms with Crippen LogP contribution in [0, 0.1) is 0 Å². The van der Waals surface area contributed by atoms with Crippen LogP contribution in [0.5, 0.6) is 5.75 Å². The molecule has 1 aliphatic rings. The summed E-state index contributed by atoms with van der Waals surface area (Å²) in [6.07, 6.45) is 0. The standard InChI is InChI=1S/C11H14N2O3S/c1-5-4-17-11-6(5)8(14)7(9(15)12-2)10(16)13(11)3/h5,14H,4H2,1-3H3,(H,12,15). The van der Waals surface area contributed by atoms with Gasteiger partial charge in [0, 0.05) is 25.4 Å². The first kappa shape index (κ1) is 12.0. The molecule has 2 N–H and O–H groups in total. The Morgan fingerprint density at radius 1 is 1.59 bits per heavy atom. The van der Waals surface area contributed by atoms with E-state index in [1.165, 1.54) is 23.4 Å². The molecule has 5 nitrogen and oxygen atoms in total. The number of thioether (sulfide) groups is 1. The van der Waals surface area contributed by atoms with E-state index < -0.39 is 11.5 Å². The monoisotopic (exact) mass is 254 g/mol. The van der Waals surface area contributed by atoms with Crippen molar-refractivity contribution in [1.29, 1.82) is 0 Å². The van der Waals surface area contributed by atoms with Crippen molar-refractivity contribution >= 4 is 17.7 Å². The molecule has 1 unspecified atom stereocenters. The van der Waals surface area contributed by atoms with E-state index in [0.29, 0.717) is 5.56 Å². The van der Waals surface area contributed by atoms with Crippen molar-refractivity contribution in [2.45, 2.75) is 17.9 Å². The highest BCUT2D eigenvalue weighted by Gasteiger charge is 2.31. The fourth-order valence-electron chi connectivity index (χ4n) is 2.01. The molecule has 0 saturated carbocycles. The Bertz CT molecular complexity index is 551.